The molecule has 3 nitrogen and oxygen atoms in total. The molecule has 0 aliphatic heterocycles. The van der Waals surface area contributed by atoms with E-state index in [9.17, 15) is 0 Å². The Morgan fingerprint density at radius 3 is 2.44 bits per heavy atom. The van der Waals surface area contributed by atoms with Crippen molar-refractivity contribution in [2.75, 3.05) is 0 Å². The van der Waals surface area contributed by atoms with Crippen LogP contribution in [-0.4, -0.2) is 5.84 Å². The molecule has 0 saturated carbocycles. The molecule has 0 saturated heterocycles. The Bertz CT molecular complexity index is 579. The quantitative estimate of drug-likeness (QED) is 0.668. The largest absolute Gasteiger partial charge is 0.457 e. The third kappa shape index (κ3) is 2.90. The number of aryl methyl sites for hydroxylation is 1. The number of nitrogens with two attached hydrogens (primary N) is 1. The van der Waals surface area contributed by atoms with Crippen LogP contribution in [0.2, 0.25) is 0 Å². The third-order valence-corrected chi connectivity index (χ3v) is 2.98. The number of nitrogens with one attached hydrogen (secondary N) is 1. The highest BCUT2D eigenvalue weighted by Gasteiger charge is 2.08. The van der Waals surface area contributed by atoms with Gasteiger partial charge in [0.15, 0.2) is 0 Å². The summed E-state index contributed by atoms with van der Waals surface area (Å²) in [5.74, 6) is 1.28. The van der Waals surface area contributed by atoms with Crippen molar-refractivity contribution in [3.05, 3.63) is 58.1 Å². The van der Waals surface area contributed by atoms with Gasteiger partial charge in [-0.15, -0.1) is 0 Å². The third-order valence-electron chi connectivity index (χ3n) is 2.48. The molecule has 0 heterocycles. The number of benzene rings is 2. The first-order chi connectivity index (χ1) is 8.56. The minimum atomic E-state index is -0.00962. The lowest BCUT2D eigenvalue weighted by Gasteiger charge is -2.11. The van der Waals surface area contributed by atoms with Gasteiger partial charge in [-0.05, 0) is 37.3 Å². The van der Waals surface area contributed by atoms with E-state index >= 15 is 0 Å². The second-order valence-corrected chi connectivity index (χ2v) is 4.88. The molecular weight excluding hydrogens is 292 g/mol. The summed E-state index contributed by atoms with van der Waals surface area (Å²) in [6.07, 6.45) is 0. The molecule has 0 spiro atoms. The zero-order valence-corrected chi connectivity index (χ0v) is 11.5. The molecular formula is C14H13BrN2O. The van der Waals surface area contributed by atoms with E-state index in [4.69, 9.17) is 15.9 Å². The minimum absolute atomic E-state index is 0.00962. The van der Waals surface area contributed by atoms with Crippen LogP contribution < -0.4 is 10.5 Å². The van der Waals surface area contributed by atoms with Crippen LogP contribution in [0, 0.1) is 12.3 Å². The van der Waals surface area contributed by atoms with Gasteiger partial charge in [0.25, 0.3) is 0 Å². The van der Waals surface area contributed by atoms with Crippen molar-refractivity contribution >= 4 is 21.8 Å². The second kappa shape index (κ2) is 5.23. The first kappa shape index (κ1) is 12.6. The lowest BCUT2D eigenvalue weighted by molar-refractivity contribution is 0.481. The van der Waals surface area contributed by atoms with Gasteiger partial charge in [-0.1, -0.05) is 33.6 Å². The molecule has 3 N–H and O–H groups in total. The molecule has 0 unspecified atom stereocenters. The van der Waals surface area contributed by atoms with Gasteiger partial charge in [-0.25, -0.2) is 0 Å². The van der Waals surface area contributed by atoms with Crippen molar-refractivity contribution < 1.29 is 4.74 Å². The SMILES string of the molecule is Cc1ccc(Oc2cc(Br)ccc2C(=N)N)cc1. The Balaban J connectivity index is 2.35. The Labute approximate surface area is 114 Å². The maximum Gasteiger partial charge on any atom is 0.139 e. The van der Waals surface area contributed by atoms with E-state index in [-0.39, 0.29) is 5.84 Å². The summed E-state index contributed by atoms with van der Waals surface area (Å²) in [4.78, 5) is 0. The standard InChI is InChI=1S/C14H13BrN2O/c1-9-2-5-11(6-3-9)18-13-8-10(15)4-7-12(13)14(16)17/h2-8H,1H3,(H3,16,17). The lowest BCUT2D eigenvalue weighted by atomic mass is 10.2. The van der Waals surface area contributed by atoms with Crippen molar-refractivity contribution in [1.29, 1.82) is 5.41 Å². The molecule has 2 rings (SSSR count). The van der Waals surface area contributed by atoms with Crippen molar-refractivity contribution in [1.82, 2.24) is 0 Å². The monoisotopic (exact) mass is 304 g/mol. The van der Waals surface area contributed by atoms with Crippen LogP contribution in [0.5, 0.6) is 11.5 Å². The van der Waals surface area contributed by atoms with Crippen molar-refractivity contribution in [2.24, 2.45) is 5.73 Å². The maximum absolute atomic E-state index is 7.53. The Hall–Kier alpha value is -1.81. The summed E-state index contributed by atoms with van der Waals surface area (Å²) in [5, 5.41) is 7.53. The Kier molecular flexibility index (Phi) is 3.67. The summed E-state index contributed by atoms with van der Waals surface area (Å²) in [7, 11) is 0. The van der Waals surface area contributed by atoms with E-state index in [1.165, 1.54) is 5.56 Å². The highest BCUT2D eigenvalue weighted by molar-refractivity contribution is 9.10. The smallest absolute Gasteiger partial charge is 0.139 e. The fraction of sp³-hybridized carbons (Fsp3) is 0.0714. The number of amidine groups is 1. The van der Waals surface area contributed by atoms with Crippen LogP contribution in [0.4, 0.5) is 0 Å². The predicted molar refractivity (Wildman–Crippen MR) is 76.4 cm³/mol. The zero-order chi connectivity index (χ0) is 13.1. The number of hydrogen-bond donors (Lipinski definition) is 2. The molecule has 4 heteroatoms. The summed E-state index contributed by atoms with van der Waals surface area (Å²) >= 11 is 3.38. The van der Waals surface area contributed by atoms with Crippen LogP contribution in [0.1, 0.15) is 11.1 Å². The highest BCUT2D eigenvalue weighted by Crippen LogP contribution is 2.28. The minimum Gasteiger partial charge on any atom is -0.457 e. The number of ether oxygens (including phenoxy) is 1. The van der Waals surface area contributed by atoms with E-state index < -0.39 is 0 Å². The topological polar surface area (TPSA) is 59.1 Å². The van der Waals surface area contributed by atoms with Crippen molar-refractivity contribution in [3.8, 4) is 11.5 Å². The molecule has 0 aliphatic rings. The van der Waals surface area contributed by atoms with Crippen LogP contribution >= 0.6 is 15.9 Å². The molecule has 0 atom stereocenters. The van der Waals surface area contributed by atoms with Gasteiger partial charge in [0.05, 0.1) is 5.56 Å². The first-order valence-corrected chi connectivity index (χ1v) is 6.24. The summed E-state index contributed by atoms with van der Waals surface area (Å²) in [5.41, 5.74) is 7.28. The van der Waals surface area contributed by atoms with E-state index in [0.717, 1.165) is 10.2 Å². The predicted octanol–water partition coefficient (Wildman–Crippen LogP) is 3.83. The first-order valence-electron chi connectivity index (χ1n) is 5.45. The maximum atomic E-state index is 7.53. The number of halogens is 1. The van der Waals surface area contributed by atoms with Crippen LogP contribution in [0.15, 0.2) is 46.9 Å². The highest BCUT2D eigenvalue weighted by atomic mass is 79.9. The average molecular weight is 305 g/mol. The van der Waals surface area contributed by atoms with E-state index in [1.807, 2.05) is 37.3 Å². The molecule has 0 aromatic heterocycles. The number of rotatable bonds is 3. The summed E-state index contributed by atoms with van der Waals surface area (Å²) in [6.45, 7) is 2.02. The van der Waals surface area contributed by atoms with Crippen molar-refractivity contribution in [3.63, 3.8) is 0 Å². The molecule has 2 aromatic carbocycles. The normalized spacial score (nSPS) is 10.1. The lowest BCUT2D eigenvalue weighted by Crippen LogP contribution is -2.12. The number of hydrogen-bond acceptors (Lipinski definition) is 2. The molecule has 0 aliphatic carbocycles. The van der Waals surface area contributed by atoms with Gasteiger partial charge in [0.1, 0.15) is 17.3 Å². The molecule has 0 radical (unpaired) electrons. The average Bonchev–Trinajstić information content (AvgIpc) is 2.32. The zero-order valence-electron chi connectivity index (χ0n) is 9.91. The van der Waals surface area contributed by atoms with Crippen LogP contribution in [-0.2, 0) is 0 Å². The van der Waals surface area contributed by atoms with Crippen molar-refractivity contribution in [2.45, 2.75) is 6.92 Å². The van der Waals surface area contributed by atoms with E-state index in [2.05, 4.69) is 15.9 Å². The molecule has 18 heavy (non-hydrogen) atoms. The molecule has 92 valence electrons. The molecule has 0 fully saturated rings. The molecule has 0 bridgehead atoms. The summed E-state index contributed by atoms with van der Waals surface area (Å²) in [6, 6.07) is 13.1. The van der Waals surface area contributed by atoms with Crippen LogP contribution in [0.25, 0.3) is 0 Å². The Morgan fingerprint density at radius 1 is 1.17 bits per heavy atom. The fourth-order valence-electron chi connectivity index (χ4n) is 1.54. The van der Waals surface area contributed by atoms with Gasteiger partial charge >= 0.3 is 0 Å². The van der Waals surface area contributed by atoms with Gasteiger partial charge in [0, 0.05) is 4.47 Å². The van der Waals surface area contributed by atoms with Gasteiger partial charge in [0.2, 0.25) is 0 Å². The van der Waals surface area contributed by atoms with Gasteiger partial charge in [-0.3, -0.25) is 5.41 Å². The Morgan fingerprint density at radius 2 is 1.83 bits per heavy atom. The fourth-order valence-corrected chi connectivity index (χ4v) is 1.88. The number of nitrogen functional groups attached to an aromatic ring is 1. The van der Waals surface area contributed by atoms with Gasteiger partial charge in [-0.2, -0.15) is 0 Å². The van der Waals surface area contributed by atoms with Gasteiger partial charge < -0.3 is 10.5 Å². The second-order valence-electron chi connectivity index (χ2n) is 3.97. The molecule has 2 aromatic rings. The summed E-state index contributed by atoms with van der Waals surface area (Å²) < 4.78 is 6.64. The molecule has 0 amide bonds. The van der Waals surface area contributed by atoms with E-state index in [0.29, 0.717) is 11.3 Å². The van der Waals surface area contributed by atoms with Crippen LogP contribution in [0.3, 0.4) is 0 Å². The van der Waals surface area contributed by atoms with E-state index in [1.54, 1.807) is 12.1 Å².